The van der Waals surface area contributed by atoms with E-state index in [4.69, 9.17) is 16.8 Å². The number of hydrogen-bond acceptors (Lipinski definition) is 7. The average Bonchev–Trinajstić information content (AvgIpc) is 1.52. The van der Waals surface area contributed by atoms with E-state index in [9.17, 15) is 0 Å². The van der Waals surface area contributed by atoms with Gasteiger partial charge in [-0.1, -0.05) is 90.2 Å². The summed E-state index contributed by atoms with van der Waals surface area (Å²) in [7, 11) is 8.30. The fraction of sp³-hybridized carbons (Fsp3) is 0.136. The van der Waals surface area contributed by atoms with Gasteiger partial charge >= 0.3 is 5.71 Å². The smallest absolute Gasteiger partial charge is 0.339 e. The van der Waals surface area contributed by atoms with Crippen LogP contribution < -0.4 is 22.8 Å². The first-order valence-corrected chi connectivity index (χ1v) is 36.7. The highest BCUT2D eigenvalue weighted by Gasteiger charge is 2.41. The van der Waals surface area contributed by atoms with Crippen LogP contribution in [0, 0.1) is 0 Å². The number of aromatic nitrogens is 18. The zero-order valence-corrected chi connectivity index (χ0v) is 59.8. The lowest BCUT2D eigenvalue weighted by molar-refractivity contribution is -0.640. The Morgan fingerprint density at radius 1 is 0.352 bits per heavy atom. The lowest BCUT2D eigenvalue weighted by Gasteiger charge is -2.03. The molecule has 0 radical (unpaired) electrons. The highest BCUT2D eigenvalue weighted by atomic mass is 32.1. The normalized spacial score (nSPS) is 14.5. The van der Waals surface area contributed by atoms with Crippen LogP contribution >= 0.6 is 11.3 Å². The van der Waals surface area contributed by atoms with E-state index < -0.39 is 20.9 Å². The van der Waals surface area contributed by atoms with Crippen molar-refractivity contribution in [3.8, 4) is 62.6 Å². The molecule has 0 fully saturated rings. The van der Waals surface area contributed by atoms with Crippen LogP contribution in [0.25, 0.3) is 171 Å². The Hall–Kier alpha value is -13.5. The number of imidazole rings is 5. The van der Waals surface area contributed by atoms with Crippen LogP contribution in [0.3, 0.4) is 0 Å². The van der Waals surface area contributed by atoms with Crippen molar-refractivity contribution in [2.75, 3.05) is 0 Å². The van der Waals surface area contributed by atoms with Gasteiger partial charge in [0.1, 0.15) is 60.5 Å². The van der Waals surface area contributed by atoms with Gasteiger partial charge in [-0.25, -0.2) is 45.7 Å². The maximum absolute atomic E-state index is 8.12. The molecule has 0 amide bonds. The highest BCUT2D eigenvalue weighted by Crippen LogP contribution is 2.44. The average molecular weight is 1440 g/mol. The zero-order chi connectivity index (χ0) is 79.6. The summed E-state index contributed by atoms with van der Waals surface area (Å²) in [6.07, 6.45) is 9.05. The Labute approximate surface area is 634 Å². The third kappa shape index (κ3) is 8.59. The van der Waals surface area contributed by atoms with E-state index in [-0.39, 0.29) is 5.65 Å². The van der Waals surface area contributed by atoms with Gasteiger partial charge in [-0.2, -0.15) is 4.57 Å². The van der Waals surface area contributed by atoms with Gasteiger partial charge in [0.05, 0.1) is 139 Å². The maximum atomic E-state index is 8.12. The fourth-order valence-corrected chi connectivity index (χ4v) is 19.0. The third-order valence-electron chi connectivity index (χ3n) is 22.4. The van der Waals surface area contributed by atoms with Gasteiger partial charge in [0.25, 0.3) is 28.6 Å². The van der Waals surface area contributed by atoms with Crippen molar-refractivity contribution in [1.82, 2.24) is 61.5 Å². The van der Waals surface area contributed by atoms with E-state index in [1.807, 2.05) is 131 Å². The fourth-order valence-electron chi connectivity index (χ4n) is 17.9. The van der Waals surface area contributed by atoms with Gasteiger partial charge in [0.15, 0.2) is 22.1 Å². The Bertz CT molecular complexity index is 7620. The summed E-state index contributed by atoms with van der Waals surface area (Å²) in [4.78, 5) is 23.8. The van der Waals surface area contributed by atoms with Crippen LogP contribution in [0.4, 0.5) is 0 Å². The molecular weight excluding hydrogens is 1360 g/mol. The predicted molar refractivity (Wildman–Crippen MR) is 422 cm³/mol. The van der Waals surface area contributed by atoms with Gasteiger partial charge in [-0.3, -0.25) is 34.1 Å². The molecule has 21 aromatic rings. The molecule has 15 aromatic heterocycles. The molecule has 5 aliphatic rings. The number of fused-ring (bicyclic) bond motifs is 35. The third-order valence-corrected chi connectivity index (χ3v) is 23.6. The van der Waals surface area contributed by atoms with Crippen LogP contribution in [0.1, 0.15) is 40.8 Å². The number of rotatable bonds is 1. The number of benzene rings is 6. The molecule has 108 heavy (non-hydrogen) atoms. The van der Waals surface area contributed by atoms with E-state index >= 15 is 0 Å². The van der Waals surface area contributed by atoms with Gasteiger partial charge in [-0.05, 0) is 133 Å². The molecule has 19 nitrogen and oxygen atoms in total. The largest absolute Gasteiger partial charge is 0.419 e. The lowest BCUT2D eigenvalue weighted by atomic mass is 10.2. The summed E-state index contributed by atoms with van der Waals surface area (Å²) >= 11 is 1.87. The van der Waals surface area contributed by atoms with Crippen molar-refractivity contribution < 1.29 is 39.6 Å². The molecule has 20 heteroatoms. The number of hydrogen-bond donors (Lipinski definition) is 0. The van der Waals surface area contributed by atoms with Gasteiger partial charge in [0, 0.05) is 41.1 Å². The number of para-hydroxylation sites is 5. The number of pyridine rings is 5. The lowest BCUT2D eigenvalue weighted by Crippen LogP contribution is -2.31. The minimum absolute atomic E-state index is 0.181. The zero-order valence-electron chi connectivity index (χ0n) is 68.0. The number of furan rings is 1. The Morgan fingerprint density at radius 3 is 1.26 bits per heavy atom. The summed E-state index contributed by atoms with van der Waals surface area (Å²) in [5.74, 6) is 4.86. The van der Waals surface area contributed by atoms with Crippen LogP contribution in [0.15, 0.2) is 248 Å². The first-order valence-electron chi connectivity index (χ1n) is 40.4. The summed E-state index contributed by atoms with van der Waals surface area (Å²) < 4.78 is 106. The topological polar surface area (TPSA) is 136 Å². The molecule has 520 valence electrons. The first kappa shape index (κ1) is 53.3. The quantitative estimate of drug-likeness (QED) is 0.150. The molecule has 0 saturated carbocycles. The van der Waals surface area contributed by atoms with Crippen LogP contribution in [-0.2, 0) is 81.8 Å². The van der Waals surface area contributed by atoms with Gasteiger partial charge in [0.2, 0.25) is 27.8 Å². The molecule has 0 aliphatic carbocycles. The standard InChI is InChI=1S/C22H17N4.2C17H15N4.C16H12N3O.C16H12N3S/c1-24-21-16-11-7-13-23-18(16)14-25(21)20-17-10-5-6-12-19(17)26(22(20)24)15-8-3-2-4-9-15;2*1-19-14-8-4-3-6-12(14)15-17(19)20(2)16-11-7-5-9-18-13(11)10-21(15)16;2*1-18-15-10-6-4-8-17-12(10)9-19(15)14-11-5-2-3-7-13(11)20-16(14)18/h2-13H,14H2,1H3;2*3-9H,10H2,1-2H3;2*2-8H,9H2,1H3/q5*+1/i;1D3,2D3;2D3;;. The summed E-state index contributed by atoms with van der Waals surface area (Å²) in [6, 6.07) is 71.1. The second-order valence-corrected chi connectivity index (χ2v) is 29.1. The molecule has 5 aliphatic heterocycles. The molecule has 0 N–H and O–H groups in total. The van der Waals surface area contributed by atoms with Crippen molar-refractivity contribution in [2.24, 2.45) is 49.1 Å². The van der Waals surface area contributed by atoms with E-state index in [2.05, 4.69) is 192 Å². The summed E-state index contributed by atoms with van der Waals surface area (Å²) in [5.41, 5.74) is 23.7. The molecule has 0 unspecified atom stereocenters. The number of thiophene rings is 1. The van der Waals surface area contributed by atoms with E-state index in [1.54, 1.807) is 30.6 Å². The van der Waals surface area contributed by atoms with Crippen LogP contribution in [-0.4, -0.2) is 61.5 Å². The Morgan fingerprint density at radius 2 is 0.741 bits per heavy atom. The number of aryl methyl sites for hydroxylation is 7. The van der Waals surface area contributed by atoms with Gasteiger partial charge in [-0.15, -0.1) is 0 Å². The molecule has 0 saturated heterocycles. The number of nitrogens with zero attached hydrogens (tertiary/aromatic N) is 18. The van der Waals surface area contributed by atoms with Crippen LogP contribution in [0.5, 0.6) is 0 Å². The van der Waals surface area contributed by atoms with E-state index in [0.717, 1.165) is 96.8 Å². The molecule has 6 aromatic carbocycles. The second kappa shape index (κ2) is 23.3. The molecule has 20 heterocycles. The van der Waals surface area contributed by atoms with E-state index in [1.165, 1.54) is 97.2 Å². The minimum atomic E-state index is -2.55. The molecule has 0 bridgehead atoms. The van der Waals surface area contributed by atoms with Crippen molar-refractivity contribution in [3.63, 3.8) is 0 Å². The van der Waals surface area contributed by atoms with Crippen molar-refractivity contribution in [2.45, 2.75) is 32.7 Å². The van der Waals surface area contributed by atoms with Crippen molar-refractivity contribution in [1.29, 1.82) is 0 Å². The SMILES string of the molecule is C[n+]1c2n(c3c4ccccc4n(-c4ccccc4)c31)Cc1ncccc1-2.C[n+]1c2n(c3c4ccccc4oc31)Cc1ncccc1-2.C[n+]1c2n(c3c4ccccc4sc31)Cc1ncccc1-2.[2H]C([2H])([2H])[n+]1c2n(c3c4ccccc4n(C)c31)Cc1ncccc1-2.[2H]C([2H])([2H])n1c2ccccc2c2c1[n+](C([2H])([2H])[2H])c1n2Cc2ncccc2-1. The van der Waals surface area contributed by atoms with E-state index in [0.29, 0.717) is 46.7 Å². The molecule has 0 atom stereocenters. The van der Waals surface area contributed by atoms with Crippen molar-refractivity contribution >= 4 is 120 Å². The van der Waals surface area contributed by atoms with Gasteiger partial charge < -0.3 is 4.42 Å². The van der Waals surface area contributed by atoms with Crippen LogP contribution in [0.2, 0.25) is 0 Å². The molecule has 0 spiro atoms. The Balaban J connectivity index is 0.0000000889. The molecular formula is C88H71N18OS+5. The molecule has 26 rings (SSSR count). The van der Waals surface area contributed by atoms with Crippen molar-refractivity contribution in [3.05, 3.63) is 272 Å². The minimum Gasteiger partial charge on any atom is -0.419 e. The first-order chi connectivity index (χ1) is 56.7. The highest BCUT2D eigenvalue weighted by molar-refractivity contribution is 7.25. The summed E-state index contributed by atoms with van der Waals surface area (Å²) in [5, 5.41) is 5.56. The Kier molecular flexibility index (Phi) is 11.5. The predicted octanol–water partition coefficient (Wildman–Crippen LogP) is 14.3. The monoisotopic (exact) mass is 1440 g/mol. The summed E-state index contributed by atoms with van der Waals surface area (Å²) in [6.45, 7) is -3.82. The second-order valence-electron chi connectivity index (χ2n) is 28.0. The maximum Gasteiger partial charge on any atom is 0.339 e.